The third kappa shape index (κ3) is 8.46. The molecule has 0 aliphatic rings. The highest BCUT2D eigenvalue weighted by molar-refractivity contribution is 5.68. The topological polar surface area (TPSA) is 39.2 Å². The summed E-state index contributed by atoms with van der Waals surface area (Å²) in [6.07, 6.45) is 16.7. The van der Waals surface area contributed by atoms with E-state index in [0.717, 1.165) is 19.3 Å². The molecule has 0 atom stereocenters. The maximum Gasteiger partial charge on any atom is 0.305 e. The van der Waals surface area contributed by atoms with Crippen LogP contribution in [-0.2, 0) is 9.53 Å². The Balaban J connectivity index is 1.90. The number of nitrogens with zero attached hydrogens (tertiary/aromatic N) is 1. The summed E-state index contributed by atoms with van der Waals surface area (Å²) < 4.78 is 4.61. The lowest BCUT2D eigenvalue weighted by Crippen LogP contribution is -1.99. The van der Waals surface area contributed by atoms with Crippen LogP contribution < -0.4 is 0 Å². The standard InChI is InChI=1S/C17H25NO2/c1-20-17(19)11-9-7-5-3-2-4-6-8-10-16-12-14-18-15-13-16/h8,10,12-15H,2-7,9,11H2,1H3/b10-8+. The van der Waals surface area contributed by atoms with Crippen LogP contribution >= 0.6 is 0 Å². The van der Waals surface area contributed by atoms with Crippen LogP contribution in [0.5, 0.6) is 0 Å². The van der Waals surface area contributed by atoms with Crippen molar-refractivity contribution in [3.63, 3.8) is 0 Å². The molecule has 0 saturated carbocycles. The average molecular weight is 275 g/mol. The highest BCUT2D eigenvalue weighted by Gasteiger charge is 1.98. The van der Waals surface area contributed by atoms with Gasteiger partial charge in [0, 0.05) is 18.8 Å². The molecule has 0 aliphatic carbocycles. The Hall–Kier alpha value is -1.64. The third-order valence-corrected chi connectivity index (χ3v) is 3.25. The van der Waals surface area contributed by atoms with Crippen LogP contribution in [0.1, 0.15) is 56.9 Å². The largest absolute Gasteiger partial charge is 0.469 e. The minimum Gasteiger partial charge on any atom is -0.469 e. The molecule has 20 heavy (non-hydrogen) atoms. The fraction of sp³-hybridized carbons (Fsp3) is 0.529. The predicted octanol–water partition coefficient (Wildman–Crippen LogP) is 4.39. The van der Waals surface area contributed by atoms with Gasteiger partial charge in [0.25, 0.3) is 0 Å². The van der Waals surface area contributed by atoms with Gasteiger partial charge in [-0.2, -0.15) is 0 Å². The normalized spacial score (nSPS) is 10.8. The summed E-state index contributed by atoms with van der Waals surface area (Å²) in [6, 6.07) is 4.02. The predicted molar refractivity (Wildman–Crippen MR) is 82.2 cm³/mol. The zero-order valence-corrected chi connectivity index (χ0v) is 12.4. The van der Waals surface area contributed by atoms with E-state index in [9.17, 15) is 4.79 Å². The Morgan fingerprint density at radius 1 is 1.10 bits per heavy atom. The molecule has 1 aromatic rings. The molecule has 3 nitrogen and oxygen atoms in total. The number of carbonyl (C=O) groups excluding carboxylic acids is 1. The number of pyridine rings is 1. The Morgan fingerprint density at radius 3 is 2.45 bits per heavy atom. The van der Waals surface area contributed by atoms with E-state index in [1.165, 1.54) is 38.4 Å². The van der Waals surface area contributed by atoms with Gasteiger partial charge < -0.3 is 4.74 Å². The van der Waals surface area contributed by atoms with Crippen LogP contribution in [0.15, 0.2) is 30.6 Å². The molecule has 1 rings (SSSR count). The van der Waals surface area contributed by atoms with Crippen molar-refractivity contribution >= 4 is 12.0 Å². The SMILES string of the molecule is COC(=O)CCCCCCCC/C=C/c1ccncc1. The maximum atomic E-state index is 10.9. The van der Waals surface area contributed by atoms with E-state index in [1.807, 2.05) is 24.5 Å². The molecule has 0 saturated heterocycles. The summed E-state index contributed by atoms with van der Waals surface area (Å²) >= 11 is 0. The van der Waals surface area contributed by atoms with Crippen molar-refractivity contribution in [2.45, 2.75) is 51.4 Å². The van der Waals surface area contributed by atoms with Gasteiger partial charge in [0.1, 0.15) is 0 Å². The smallest absolute Gasteiger partial charge is 0.305 e. The number of aromatic nitrogens is 1. The number of allylic oxidation sites excluding steroid dienone is 1. The Kier molecular flexibility index (Phi) is 9.20. The first kappa shape index (κ1) is 16.4. The van der Waals surface area contributed by atoms with Crippen LogP contribution in [0.25, 0.3) is 6.08 Å². The first-order chi connectivity index (χ1) is 9.83. The summed E-state index contributed by atoms with van der Waals surface area (Å²) in [5.74, 6) is -0.0914. The lowest BCUT2D eigenvalue weighted by molar-refractivity contribution is -0.140. The number of rotatable bonds is 10. The molecule has 0 unspecified atom stereocenters. The van der Waals surface area contributed by atoms with Crippen molar-refractivity contribution in [3.05, 3.63) is 36.2 Å². The van der Waals surface area contributed by atoms with E-state index in [0.29, 0.717) is 6.42 Å². The van der Waals surface area contributed by atoms with Crippen LogP contribution in [0, 0.1) is 0 Å². The molecule has 0 radical (unpaired) electrons. The van der Waals surface area contributed by atoms with E-state index >= 15 is 0 Å². The molecule has 1 aromatic heterocycles. The van der Waals surface area contributed by atoms with Crippen LogP contribution in [0.4, 0.5) is 0 Å². The zero-order chi connectivity index (χ0) is 14.5. The third-order valence-electron chi connectivity index (χ3n) is 3.25. The second-order valence-electron chi connectivity index (χ2n) is 4.92. The number of esters is 1. The van der Waals surface area contributed by atoms with Crippen LogP contribution in [-0.4, -0.2) is 18.1 Å². The Labute approximate surface area is 122 Å². The molecule has 0 aliphatic heterocycles. The highest BCUT2D eigenvalue weighted by atomic mass is 16.5. The van der Waals surface area contributed by atoms with Gasteiger partial charge in [0.2, 0.25) is 0 Å². The van der Waals surface area contributed by atoms with Gasteiger partial charge >= 0.3 is 5.97 Å². The molecule has 0 aromatic carbocycles. The summed E-state index contributed by atoms with van der Waals surface area (Å²) in [6.45, 7) is 0. The number of hydrogen-bond acceptors (Lipinski definition) is 3. The van der Waals surface area contributed by atoms with Gasteiger partial charge in [0.05, 0.1) is 7.11 Å². The summed E-state index contributed by atoms with van der Waals surface area (Å²) in [5.41, 5.74) is 1.21. The van der Waals surface area contributed by atoms with Crippen molar-refractivity contribution in [2.75, 3.05) is 7.11 Å². The Morgan fingerprint density at radius 2 is 1.75 bits per heavy atom. The van der Waals surface area contributed by atoms with Crippen molar-refractivity contribution in [1.29, 1.82) is 0 Å². The number of hydrogen-bond donors (Lipinski definition) is 0. The van der Waals surface area contributed by atoms with Gasteiger partial charge in [-0.1, -0.05) is 37.8 Å². The van der Waals surface area contributed by atoms with E-state index < -0.39 is 0 Å². The number of unbranched alkanes of at least 4 members (excludes halogenated alkanes) is 6. The second kappa shape index (κ2) is 11.2. The highest BCUT2D eigenvalue weighted by Crippen LogP contribution is 2.10. The molecule has 1 heterocycles. The maximum absolute atomic E-state index is 10.9. The van der Waals surface area contributed by atoms with E-state index in [1.54, 1.807) is 0 Å². The lowest BCUT2D eigenvalue weighted by Gasteiger charge is -2.00. The number of carbonyl (C=O) groups is 1. The van der Waals surface area contributed by atoms with Gasteiger partial charge in [-0.3, -0.25) is 9.78 Å². The van der Waals surface area contributed by atoms with Crippen molar-refractivity contribution < 1.29 is 9.53 Å². The molecule has 0 bridgehead atoms. The van der Waals surface area contributed by atoms with Gasteiger partial charge in [-0.25, -0.2) is 0 Å². The summed E-state index contributed by atoms with van der Waals surface area (Å²) in [4.78, 5) is 14.9. The Bertz CT molecular complexity index is 387. The van der Waals surface area contributed by atoms with Gasteiger partial charge in [0.15, 0.2) is 0 Å². The first-order valence-corrected chi connectivity index (χ1v) is 7.46. The van der Waals surface area contributed by atoms with Crippen molar-refractivity contribution in [3.8, 4) is 0 Å². The molecular formula is C17H25NO2. The molecule has 3 heteroatoms. The minimum atomic E-state index is -0.0914. The molecule has 0 N–H and O–H groups in total. The number of ether oxygens (including phenoxy) is 1. The van der Waals surface area contributed by atoms with Crippen LogP contribution in [0.2, 0.25) is 0 Å². The fourth-order valence-electron chi connectivity index (χ4n) is 2.03. The van der Waals surface area contributed by atoms with Crippen LogP contribution in [0.3, 0.4) is 0 Å². The van der Waals surface area contributed by atoms with Crippen molar-refractivity contribution in [1.82, 2.24) is 4.98 Å². The van der Waals surface area contributed by atoms with Gasteiger partial charge in [-0.15, -0.1) is 0 Å². The molecule has 0 fully saturated rings. The molecule has 110 valence electrons. The lowest BCUT2D eigenvalue weighted by atomic mass is 10.1. The second-order valence-corrected chi connectivity index (χ2v) is 4.92. The fourth-order valence-corrected chi connectivity index (χ4v) is 2.03. The van der Waals surface area contributed by atoms with E-state index in [2.05, 4.69) is 21.9 Å². The van der Waals surface area contributed by atoms with Crippen molar-refractivity contribution in [2.24, 2.45) is 0 Å². The quantitative estimate of drug-likeness (QED) is 0.469. The van der Waals surface area contributed by atoms with Gasteiger partial charge in [-0.05, 0) is 37.0 Å². The molecule has 0 spiro atoms. The molecular weight excluding hydrogens is 250 g/mol. The van der Waals surface area contributed by atoms with E-state index in [4.69, 9.17) is 0 Å². The summed E-state index contributed by atoms with van der Waals surface area (Å²) in [5, 5.41) is 0. The summed E-state index contributed by atoms with van der Waals surface area (Å²) in [7, 11) is 1.45. The monoisotopic (exact) mass is 275 g/mol. The molecule has 0 amide bonds. The first-order valence-electron chi connectivity index (χ1n) is 7.46. The average Bonchev–Trinajstić information content (AvgIpc) is 2.50. The van der Waals surface area contributed by atoms with E-state index in [-0.39, 0.29) is 5.97 Å². The number of methoxy groups -OCH3 is 1. The zero-order valence-electron chi connectivity index (χ0n) is 12.4. The minimum absolute atomic E-state index is 0.0914.